The van der Waals surface area contributed by atoms with E-state index in [2.05, 4.69) is 35.6 Å². The molecule has 0 N–H and O–H groups in total. The van der Waals surface area contributed by atoms with E-state index in [-0.39, 0.29) is 16.5 Å². The smallest absolute Gasteiger partial charge is 0.293 e. The average molecular weight is 420 g/mol. The zero-order valence-corrected chi connectivity index (χ0v) is 16.2. The van der Waals surface area contributed by atoms with Gasteiger partial charge in [-0.2, -0.15) is 0 Å². The molecule has 0 bridgehead atoms. The summed E-state index contributed by atoms with van der Waals surface area (Å²) in [5.74, 6) is 2.43. The molecule has 0 radical (unpaired) electrons. The van der Waals surface area contributed by atoms with Crippen LogP contribution in [0.15, 0.2) is 22.7 Å². The van der Waals surface area contributed by atoms with E-state index in [1.807, 2.05) is 12.1 Å². The molecular formula is C18H22BrN5O2. The minimum atomic E-state index is -0.299. The molecule has 4 rings (SSSR count). The molecule has 1 atom stereocenters. The molecule has 1 aromatic carbocycles. The van der Waals surface area contributed by atoms with Crippen LogP contribution in [0.3, 0.4) is 0 Å². The van der Waals surface area contributed by atoms with E-state index in [1.165, 1.54) is 19.3 Å². The lowest BCUT2D eigenvalue weighted by Crippen LogP contribution is -2.35. The molecule has 1 fully saturated rings. The molecule has 26 heavy (non-hydrogen) atoms. The molecule has 2 aromatic rings. The lowest BCUT2D eigenvalue weighted by molar-refractivity contribution is -0.384. The van der Waals surface area contributed by atoms with Crippen LogP contribution < -0.4 is 4.90 Å². The van der Waals surface area contributed by atoms with Crippen molar-refractivity contribution in [2.75, 3.05) is 18.0 Å². The predicted octanol–water partition coefficient (Wildman–Crippen LogP) is 4.06. The van der Waals surface area contributed by atoms with Gasteiger partial charge in [0.1, 0.15) is 17.3 Å². The van der Waals surface area contributed by atoms with Gasteiger partial charge in [0.05, 0.1) is 4.92 Å². The number of hydrogen-bond donors (Lipinski definition) is 0. The fraction of sp³-hybridized carbons (Fsp3) is 0.556. The summed E-state index contributed by atoms with van der Waals surface area (Å²) >= 11 is 3.34. The van der Waals surface area contributed by atoms with Crippen molar-refractivity contribution in [3.8, 4) is 0 Å². The van der Waals surface area contributed by atoms with Crippen LogP contribution in [-0.4, -0.2) is 32.8 Å². The van der Waals surface area contributed by atoms with Crippen molar-refractivity contribution in [2.45, 2.75) is 51.0 Å². The van der Waals surface area contributed by atoms with E-state index < -0.39 is 0 Å². The van der Waals surface area contributed by atoms with E-state index in [1.54, 1.807) is 6.07 Å². The quantitative estimate of drug-likeness (QED) is 0.553. The minimum absolute atomic E-state index is 0.153. The molecule has 3 heterocycles. The van der Waals surface area contributed by atoms with Gasteiger partial charge in [-0.1, -0.05) is 22.4 Å². The first kappa shape index (κ1) is 17.5. The van der Waals surface area contributed by atoms with Crippen LogP contribution in [0.2, 0.25) is 0 Å². The number of nitro groups is 1. The highest BCUT2D eigenvalue weighted by Gasteiger charge is 2.30. The first-order chi connectivity index (χ1) is 12.6. The Morgan fingerprint density at radius 1 is 1.15 bits per heavy atom. The minimum Gasteiger partial charge on any atom is -0.365 e. The summed E-state index contributed by atoms with van der Waals surface area (Å²) in [7, 11) is 0. The van der Waals surface area contributed by atoms with Crippen molar-refractivity contribution in [1.29, 1.82) is 0 Å². The summed E-state index contributed by atoms with van der Waals surface area (Å²) in [5.41, 5.74) is 0.846. The molecule has 2 aliphatic heterocycles. The van der Waals surface area contributed by atoms with Gasteiger partial charge in [0.15, 0.2) is 0 Å². The van der Waals surface area contributed by atoms with Crippen molar-refractivity contribution in [3.63, 3.8) is 0 Å². The monoisotopic (exact) mass is 419 g/mol. The molecule has 0 spiro atoms. The Morgan fingerprint density at radius 3 is 2.88 bits per heavy atom. The van der Waals surface area contributed by atoms with Crippen LogP contribution >= 0.6 is 15.9 Å². The van der Waals surface area contributed by atoms with Crippen molar-refractivity contribution in [2.24, 2.45) is 0 Å². The lowest BCUT2D eigenvalue weighted by atomic mass is 9.96. The maximum Gasteiger partial charge on any atom is 0.293 e. The van der Waals surface area contributed by atoms with Gasteiger partial charge in [-0.3, -0.25) is 10.1 Å². The van der Waals surface area contributed by atoms with Gasteiger partial charge in [-0.05, 0) is 37.8 Å². The number of fused-ring (bicyclic) bond motifs is 1. The Bertz CT molecular complexity index is 822. The van der Waals surface area contributed by atoms with Crippen molar-refractivity contribution in [1.82, 2.24) is 14.8 Å². The largest absolute Gasteiger partial charge is 0.365 e. The average Bonchev–Trinajstić information content (AvgIpc) is 2.90. The van der Waals surface area contributed by atoms with E-state index in [9.17, 15) is 10.1 Å². The van der Waals surface area contributed by atoms with Crippen LogP contribution in [0.4, 0.5) is 11.4 Å². The van der Waals surface area contributed by atoms with Gasteiger partial charge in [0.25, 0.3) is 5.69 Å². The zero-order chi connectivity index (χ0) is 18.1. The Labute approximate surface area is 160 Å². The van der Waals surface area contributed by atoms with Crippen LogP contribution in [0.5, 0.6) is 0 Å². The molecule has 0 amide bonds. The van der Waals surface area contributed by atoms with Gasteiger partial charge in [0.2, 0.25) is 0 Å². The number of aryl methyl sites for hydroxylation is 1. The Morgan fingerprint density at radius 2 is 2.04 bits per heavy atom. The lowest BCUT2D eigenvalue weighted by Gasteiger charge is -2.33. The van der Waals surface area contributed by atoms with Gasteiger partial charge < -0.3 is 9.47 Å². The summed E-state index contributed by atoms with van der Waals surface area (Å²) in [6.07, 6.45) is 6.65. The van der Waals surface area contributed by atoms with Crippen molar-refractivity contribution >= 4 is 27.3 Å². The maximum absolute atomic E-state index is 11.5. The number of piperidine rings is 1. The van der Waals surface area contributed by atoms with Crippen molar-refractivity contribution in [3.05, 3.63) is 44.4 Å². The molecule has 7 nitrogen and oxygen atoms in total. The summed E-state index contributed by atoms with van der Waals surface area (Å²) in [4.78, 5) is 13.3. The molecule has 1 saturated heterocycles. The number of rotatable bonds is 3. The van der Waals surface area contributed by atoms with E-state index in [0.29, 0.717) is 5.69 Å². The van der Waals surface area contributed by atoms with Crippen LogP contribution in [0.25, 0.3) is 0 Å². The number of halogens is 1. The Kier molecular flexibility index (Phi) is 4.93. The fourth-order valence-corrected chi connectivity index (χ4v) is 4.48. The summed E-state index contributed by atoms with van der Waals surface area (Å²) in [5, 5.41) is 20.4. The van der Waals surface area contributed by atoms with E-state index in [4.69, 9.17) is 0 Å². The Balaban J connectivity index is 1.61. The second-order valence-corrected chi connectivity index (χ2v) is 8.03. The normalized spacial score (nSPS) is 20.5. The highest BCUT2D eigenvalue weighted by molar-refractivity contribution is 9.10. The van der Waals surface area contributed by atoms with E-state index >= 15 is 0 Å². The molecule has 0 unspecified atom stereocenters. The first-order valence-corrected chi connectivity index (χ1v) is 10.0. The molecule has 8 heteroatoms. The molecule has 2 aliphatic rings. The molecular weight excluding hydrogens is 398 g/mol. The summed E-state index contributed by atoms with van der Waals surface area (Å²) in [6.45, 7) is 2.58. The summed E-state index contributed by atoms with van der Waals surface area (Å²) < 4.78 is 3.03. The third-order valence-corrected chi connectivity index (χ3v) is 5.89. The number of anilines is 1. The predicted molar refractivity (Wildman–Crippen MR) is 103 cm³/mol. The number of nitro benzene ring substituents is 1. The SMILES string of the molecule is O=[N+]([O-])c1cc(Br)ccc1N1CCC[C@H](c2nnc3n2CCCCC3)C1. The highest BCUT2D eigenvalue weighted by Crippen LogP contribution is 2.36. The zero-order valence-electron chi connectivity index (χ0n) is 14.6. The Hall–Kier alpha value is -1.96. The topological polar surface area (TPSA) is 77.1 Å². The number of hydrogen-bond acceptors (Lipinski definition) is 5. The van der Waals surface area contributed by atoms with E-state index in [0.717, 1.165) is 55.0 Å². The molecule has 0 aliphatic carbocycles. The maximum atomic E-state index is 11.5. The van der Waals surface area contributed by atoms with Gasteiger partial charge >= 0.3 is 0 Å². The number of aromatic nitrogens is 3. The van der Waals surface area contributed by atoms with Gasteiger partial charge in [0, 0.05) is 42.5 Å². The number of benzene rings is 1. The summed E-state index contributed by atoms with van der Waals surface area (Å²) in [6, 6.07) is 5.30. The highest BCUT2D eigenvalue weighted by atomic mass is 79.9. The van der Waals surface area contributed by atoms with Crippen molar-refractivity contribution < 1.29 is 4.92 Å². The van der Waals surface area contributed by atoms with Crippen LogP contribution in [-0.2, 0) is 13.0 Å². The van der Waals surface area contributed by atoms with Crippen LogP contribution in [0.1, 0.15) is 49.7 Å². The molecule has 1 aromatic heterocycles. The molecule has 0 saturated carbocycles. The fourth-order valence-electron chi connectivity index (χ4n) is 4.13. The molecule has 138 valence electrons. The van der Waals surface area contributed by atoms with Gasteiger partial charge in [-0.25, -0.2) is 0 Å². The van der Waals surface area contributed by atoms with Gasteiger partial charge in [-0.15, -0.1) is 10.2 Å². The third kappa shape index (κ3) is 3.34. The first-order valence-electron chi connectivity index (χ1n) is 9.24. The standard InChI is InChI=1S/C18H22BrN5O2/c19-14-7-8-15(16(11-14)24(25)26)22-9-4-5-13(12-22)18-21-20-17-6-2-1-3-10-23(17)18/h7-8,11,13H,1-6,9-10,12H2/t13-/m0/s1. The van der Waals surface area contributed by atoms with Crippen LogP contribution in [0, 0.1) is 10.1 Å². The number of nitrogens with zero attached hydrogens (tertiary/aromatic N) is 5. The second kappa shape index (κ2) is 7.34. The third-order valence-electron chi connectivity index (χ3n) is 5.40. The second-order valence-electron chi connectivity index (χ2n) is 7.11.